The lowest BCUT2D eigenvalue weighted by Gasteiger charge is -2.33. The Labute approximate surface area is 179 Å². The number of fused-ring (bicyclic) bond motifs is 1. The van der Waals surface area contributed by atoms with Crippen molar-refractivity contribution in [2.45, 2.75) is 41.4 Å². The number of rotatable bonds is 5. The van der Waals surface area contributed by atoms with E-state index < -0.39 is 21.2 Å². The highest BCUT2D eigenvalue weighted by atomic mass is 32.2. The molecule has 30 heavy (non-hydrogen) atoms. The predicted molar refractivity (Wildman–Crippen MR) is 112 cm³/mol. The number of carbonyl (C=O) groups excluding carboxylic acids is 2. The third kappa shape index (κ3) is 4.40. The molecule has 2 aliphatic rings. The molecule has 1 aromatic carbocycles. The second-order valence-corrected chi connectivity index (χ2v) is 10.5. The van der Waals surface area contributed by atoms with Crippen molar-refractivity contribution in [1.82, 2.24) is 9.62 Å². The predicted octanol–water partition coefficient (Wildman–Crippen LogP) is 2.43. The lowest BCUT2D eigenvalue weighted by atomic mass is 9.99. The summed E-state index contributed by atoms with van der Waals surface area (Å²) >= 11 is 1.16. The SMILES string of the molecule is CC1CCN(C(=O)[C@@H]2Sc3ccc(S(=O)(=O)NCc4ccco4)cc3NC2=O)CC1. The van der Waals surface area contributed by atoms with Gasteiger partial charge in [0.1, 0.15) is 5.76 Å². The van der Waals surface area contributed by atoms with Crippen molar-refractivity contribution >= 4 is 39.3 Å². The number of carbonyl (C=O) groups is 2. The molecular weight excluding hydrogens is 426 g/mol. The number of benzene rings is 1. The Bertz CT molecular complexity index is 1040. The molecule has 1 atom stereocenters. The van der Waals surface area contributed by atoms with Crippen LogP contribution in [0.3, 0.4) is 0 Å². The van der Waals surface area contributed by atoms with E-state index in [1.165, 1.54) is 18.4 Å². The maximum atomic E-state index is 12.8. The summed E-state index contributed by atoms with van der Waals surface area (Å²) in [7, 11) is -3.79. The first-order valence-electron chi connectivity index (χ1n) is 9.76. The first-order valence-corrected chi connectivity index (χ1v) is 12.1. The number of hydrogen-bond donors (Lipinski definition) is 2. The van der Waals surface area contributed by atoms with Crippen LogP contribution in [0.25, 0.3) is 0 Å². The normalized spacial score (nSPS) is 20.0. The lowest BCUT2D eigenvalue weighted by Crippen LogP contribution is -2.47. The van der Waals surface area contributed by atoms with Gasteiger partial charge in [-0.3, -0.25) is 9.59 Å². The largest absolute Gasteiger partial charge is 0.468 e. The fourth-order valence-corrected chi connectivity index (χ4v) is 5.55. The Hall–Kier alpha value is -2.30. The molecule has 3 heterocycles. The molecule has 160 valence electrons. The van der Waals surface area contributed by atoms with Crippen LogP contribution >= 0.6 is 11.8 Å². The highest BCUT2D eigenvalue weighted by Crippen LogP contribution is 2.38. The molecule has 1 saturated heterocycles. The molecule has 2 amide bonds. The molecule has 0 bridgehead atoms. The van der Waals surface area contributed by atoms with E-state index in [1.807, 2.05) is 0 Å². The minimum atomic E-state index is -3.79. The minimum Gasteiger partial charge on any atom is -0.468 e. The molecular formula is C20H23N3O5S2. The molecule has 4 rings (SSSR count). The summed E-state index contributed by atoms with van der Waals surface area (Å²) in [6, 6.07) is 7.86. The Morgan fingerprint density at radius 2 is 2.07 bits per heavy atom. The van der Waals surface area contributed by atoms with Crippen molar-refractivity contribution in [2.75, 3.05) is 18.4 Å². The lowest BCUT2D eigenvalue weighted by molar-refractivity contribution is -0.135. The van der Waals surface area contributed by atoms with Crippen LogP contribution in [0.15, 0.2) is 50.8 Å². The van der Waals surface area contributed by atoms with Crippen molar-refractivity contribution < 1.29 is 22.4 Å². The molecule has 10 heteroatoms. The summed E-state index contributed by atoms with van der Waals surface area (Å²) in [5.41, 5.74) is 0.391. The van der Waals surface area contributed by atoms with E-state index >= 15 is 0 Å². The number of piperidine rings is 1. The number of anilines is 1. The van der Waals surface area contributed by atoms with E-state index in [0.29, 0.717) is 35.4 Å². The van der Waals surface area contributed by atoms with Crippen LogP contribution in [-0.4, -0.2) is 43.5 Å². The minimum absolute atomic E-state index is 0.0263. The smallest absolute Gasteiger partial charge is 0.247 e. The van der Waals surface area contributed by atoms with Crippen molar-refractivity contribution in [3.63, 3.8) is 0 Å². The van der Waals surface area contributed by atoms with Crippen molar-refractivity contribution in [1.29, 1.82) is 0 Å². The Kier molecular flexibility index (Phi) is 5.90. The molecule has 2 aliphatic heterocycles. The monoisotopic (exact) mass is 449 g/mol. The number of sulfonamides is 1. The van der Waals surface area contributed by atoms with Crippen molar-refractivity contribution in [3.05, 3.63) is 42.4 Å². The third-order valence-corrected chi connectivity index (χ3v) is 8.00. The zero-order chi connectivity index (χ0) is 21.3. The van der Waals surface area contributed by atoms with Gasteiger partial charge in [-0.2, -0.15) is 0 Å². The summed E-state index contributed by atoms with van der Waals surface area (Å²) in [6.07, 6.45) is 3.35. The van der Waals surface area contributed by atoms with Gasteiger partial charge in [-0.15, -0.1) is 11.8 Å². The van der Waals surface area contributed by atoms with Crippen LogP contribution in [0.4, 0.5) is 5.69 Å². The van der Waals surface area contributed by atoms with E-state index in [0.717, 1.165) is 24.6 Å². The maximum Gasteiger partial charge on any atom is 0.247 e. The van der Waals surface area contributed by atoms with E-state index in [-0.39, 0.29) is 17.3 Å². The second kappa shape index (κ2) is 8.44. The Morgan fingerprint density at radius 3 is 2.77 bits per heavy atom. The summed E-state index contributed by atoms with van der Waals surface area (Å²) < 4.78 is 32.7. The van der Waals surface area contributed by atoms with Gasteiger partial charge in [-0.1, -0.05) is 6.92 Å². The zero-order valence-electron chi connectivity index (χ0n) is 16.5. The second-order valence-electron chi connectivity index (χ2n) is 7.56. The highest BCUT2D eigenvalue weighted by molar-refractivity contribution is 8.01. The Balaban J connectivity index is 1.47. The quantitative estimate of drug-likeness (QED) is 0.679. The zero-order valence-corrected chi connectivity index (χ0v) is 18.1. The van der Waals surface area contributed by atoms with Gasteiger partial charge in [0, 0.05) is 18.0 Å². The van der Waals surface area contributed by atoms with E-state index in [1.54, 1.807) is 23.1 Å². The topological polar surface area (TPSA) is 109 Å². The van der Waals surface area contributed by atoms with E-state index in [4.69, 9.17) is 4.42 Å². The average Bonchev–Trinajstić information content (AvgIpc) is 3.25. The summed E-state index contributed by atoms with van der Waals surface area (Å²) in [4.78, 5) is 27.9. The molecule has 0 spiro atoms. The number of furan rings is 1. The summed E-state index contributed by atoms with van der Waals surface area (Å²) in [5.74, 6) is 0.472. The van der Waals surface area contributed by atoms with Crippen LogP contribution in [-0.2, 0) is 26.2 Å². The number of nitrogens with zero attached hydrogens (tertiary/aromatic N) is 1. The third-order valence-electron chi connectivity index (χ3n) is 5.34. The van der Waals surface area contributed by atoms with Crippen LogP contribution in [0, 0.1) is 5.92 Å². The molecule has 2 aromatic rings. The molecule has 0 saturated carbocycles. The van der Waals surface area contributed by atoms with Gasteiger partial charge in [0.05, 0.1) is 23.4 Å². The first-order chi connectivity index (χ1) is 14.3. The van der Waals surface area contributed by atoms with Gasteiger partial charge in [-0.25, -0.2) is 13.1 Å². The van der Waals surface area contributed by atoms with Crippen LogP contribution in [0.5, 0.6) is 0 Å². The fourth-order valence-electron chi connectivity index (χ4n) is 3.48. The highest BCUT2D eigenvalue weighted by Gasteiger charge is 2.37. The molecule has 2 N–H and O–H groups in total. The van der Waals surface area contributed by atoms with Crippen molar-refractivity contribution in [2.24, 2.45) is 5.92 Å². The van der Waals surface area contributed by atoms with Gasteiger partial charge >= 0.3 is 0 Å². The molecule has 1 aromatic heterocycles. The molecule has 0 aliphatic carbocycles. The first kappa shape index (κ1) is 21.0. The van der Waals surface area contributed by atoms with Gasteiger partial charge in [0.25, 0.3) is 0 Å². The van der Waals surface area contributed by atoms with Crippen LogP contribution in [0.1, 0.15) is 25.5 Å². The van der Waals surface area contributed by atoms with Gasteiger partial charge in [0.15, 0.2) is 5.25 Å². The van der Waals surface area contributed by atoms with Crippen LogP contribution in [0.2, 0.25) is 0 Å². The number of thioether (sulfide) groups is 1. The number of amides is 2. The average molecular weight is 450 g/mol. The summed E-state index contributed by atoms with van der Waals surface area (Å²) in [6.45, 7) is 3.51. The standard InChI is InChI=1S/C20H23N3O5S2/c1-13-6-8-23(9-7-13)20(25)18-19(24)22-16-11-15(4-5-17(16)29-18)30(26,27)21-12-14-3-2-10-28-14/h2-5,10-11,13,18,21H,6-9,12H2,1H3,(H,22,24)/t18-/m1/s1. The van der Waals surface area contributed by atoms with Gasteiger partial charge < -0.3 is 14.6 Å². The van der Waals surface area contributed by atoms with E-state index in [2.05, 4.69) is 17.0 Å². The fraction of sp³-hybridized carbons (Fsp3) is 0.400. The van der Waals surface area contributed by atoms with Gasteiger partial charge in [0.2, 0.25) is 21.8 Å². The number of hydrogen-bond acceptors (Lipinski definition) is 6. The molecule has 0 radical (unpaired) electrons. The number of nitrogens with one attached hydrogen (secondary N) is 2. The molecule has 0 unspecified atom stereocenters. The van der Waals surface area contributed by atoms with Gasteiger partial charge in [-0.05, 0) is 49.1 Å². The molecule has 8 nitrogen and oxygen atoms in total. The Morgan fingerprint density at radius 1 is 1.30 bits per heavy atom. The maximum absolute atomic E-state index is 12.8. The van der Waals surface area contributed by atoms with Crippen molar-refractivity contribution in [3.8, 4) is 0 Å². The van der Waals surface area contributed by atoms with E-state index in [9.17, 15) is 18.0 Å². The summed E-state index contributed by atoms with van der Waals surface area (Å²) in [5, 5.41) is 1.85. The molecule has 1 fully saturated rings. The van der Waals surface area contributed by atoms with Crippen LogP contribution < -0.4 is 10.0 Å². The number of likely N-dealkylation sites (tertiary alicyclic amines) is 1.